The van der Waals surface area contributed by atoms with Crippen molar-refractivity contribution in [3.63, 3.8) is 0 Å². The highest BCUT2D eigenvalue weighted by Crippen LogP contribution is 2.32. The minimum atomic E-state index is -0.0999. The van der Waals surface area contributed by atoms with Crippen LogP contribution in [-0.4, -0.2) is 29.9 Å². The number of aryl methyl sites for hydroxylation is 2. The van der Waals surface area contributed by atoms with Gasteiger partial charge in [-0.15, -0.1) is 11.8 Å². The molecule has 1 aromatic carbocycles. The van der Waals surface area contributed by atoms with Crippen LogP contribution in [0.3, 0.4) is 0 Å². The number of anilines is 1. The number of ether oxygens (including phenoxy) is 2. The molecule has 1 amide bonds. The van der Waals surface area contributed by atoms with E-state index in [-0.39, 0.29) is 5.91 Å². The van der Waals surface area contributed by atoms with Gasteiger partial charge in [0.05, 0.1) is 5.56 Å². The second-order valence-electron chi connectivity index (χ2n) is 5.88. The molecule has 1 aliphatic rings. The van der Waals surface area contributed by atoms with Crippen LogP contribution in [-0.2, 0) is 4.79 Å². The van der Waals surface area contributed by atoms with Crippen molar-refractivity contribution >= 4 is 23.4 Å². The maximum absolute atomic E-state index is 12.2. The van der Waals surface area contributed by atoms with Crippen LogP contribution in [0.2, 0.25) is 0 Å². The molecule has 1 aliphatic heterocycles. The van der Waals surface area contributed by atoms with Gasteiger partial charge in [-0.25, -0.2) is 4.98 Å². The molecule has 26 heavy (non-hydrogen) atoms. The van der Waals surface area contributed by atoms with Crippen molar-refractivity contribution in [3.8, 4) is 17.6 Å². The highest BCUT2D eigenvalue weighted by Gasteiger charge is 2.13. The van der Waals surface area contributed by atoms with Crippen LogP contribution in [0.15, 0.2) is 29.3 Å². The van der Waals surface area contributed by atoms with Crippen LogP contribution in [0.5, 0.6) is 11.5 Å². The van der Waals surface area contributed by atoms with Crippen molar-refractivity contribution in [2.45, 2.75) is 25.3 Å². The predicted molar refractivity (Wildman–Crippen MR) is 99.8 cm³/mol. The molecule has 1 aromatic heterocycles. The number of aromatic nitrogens is 1. The molecule has 0 fully saturated rings. The van der Waals surface area contributed by atoms with E-state index in [1.807, 2.05) is 19.9 Å². The number of nitrogens with one attached hydrogen (secondary N) is 1. The highest BCUT2D eigenvalue weighted by atomic mass is 32.2. The van der Waals surface area contributed by atoms with Crippen molar-refractivity contribution in [3.05, 3.63) is 41.1 Å². The van der Waals surface area contributed by atoms with Crippen LogP contribution < -0.4 is 14.8 Å². The van der Waals surface area contributed by atoms with E-state index in [4.69, 9.17) is 9.47 Å². The summed E-state index contributed by atoms with van der Waals surface area (Å²) in [7, 11) is 0. The molecule has 3 rings (SSSR count). The summed E-state index contributed by atoms with van der Waals surface area (Å²) in [6, 6.07) is 9.42. The van der Waals surface area contributed by atoms with E-state index < -0.39 is 0 Å². The minimum Gasteiger partial charge on any atom is -0.486 e. The predicted octanol–water partition coefficient (Wildman–Crippen LogP) is 3.46. The summed E-state index contributed by atoms with van der Waals surface area (Å²) in [6.07, 6.45) is 0.318. The maximum atomic E-state index is 12.2. The maximum Gasteiger partial charge on any atom is 0.225 e. The van der Waals surface area contributed by atoms with Crippen LogP contribution in [0.25, 0.3) is 0 Å². The van der Waals surface area contributed by atoms with Gasteiger partial charge in [0.15, 0.2) is 11.5 Å². The molecule has 1 N–H and O–H groups in total. The van der Waals surface area contributed by atoms with Gasteiger partial charge in [0.2, 0.25) is 5.91 Å². The lowest BCUT2D eigenvalue weighted by atomic mass is 10.1. The Labute approximate surface area is 156 Å². The second-order valence-corrected chi connectivity index (χ2v) is 6.96. The van der Waals surface area contributed by atoms with Gasteiger partial charge in [-0.1, -0.05) is 0 Å². The summed E-state index contributed by atoms with van der Waals surface area (Å²) in [5.41, 5.74) is 3.02. The zero-order valence-electron chi connectivity index (χ0n) is 14.7. The van der Waals surface area contributed by atoms with Gasteiger partial charge in [-0.05, 0) is 37.6 Å². The number of carbonyl (C=O) groups is 1. The van der Waals surface area contributed by atoms with E-state index in [0.29, 0.717) is 53.2 Å². The second kappa shape index (κ2) is 8.11. The molecular formula is C19H19N3O3S. The molecule has 0 spiro atoms. The summed E-state index contributed by atoms with van der Waals surface area (Å²) >= 11 is 1.42. The summed E-state index contributed by atoms with van der Waals surface area (Å²) in [5, 5.41) is 12.8. The van der Waals surface area contributed by atoms with E-state index in [9.17, 15) is 10.1 Å². The molecule has 7 heteroatoms. The molecule has 0 unspecified atom stereocenters. The fourth-order valence-electron chi connectivity index (χ4n) is 2.63. The first-order valence-corrected chi connectivity index (χ1v) is 9.26. The number of hydrogen-bond acceptors (Lipinski definition) is 6. The SMILES string of the molecule is Cc1cc(C)c(C#N)c(SCCC(=O)Nc2ccc3c(c2)OCCO3)n1. The topological polar surface area (TPSA) is 84.2 Å². The van der Waals surface area contributed by atoms with Gasteiger partial charge in [0, 0.05) is 29.6 Å². The standard InChI is InChI=1S/C19H19N3O3S/c1-12-9-13(2)21-19(15(12)11-20)26-8-5-18(23)22-14-3-4-16-17(10-14)25-7-6-24-16/h3-4,9-10H,5-8H2,1-2H3,(H,22,23). The molecule has 0 atom stereocenters. The number of hydrogen-bond donors (Lipinski definition) is 1. The Hall–Kier alpha value is -2.72. The molecule has 2 heterocycles. The highest BCUT2D eigenvalue weighted by molar-refractivity contribution is 7.99. The Balaban J connectivity index is 1.56. The lowest BCUT2D eigenvalue weighted by molar-refractivity contribution is -0.115. The Morgan fingerprint density at radius 2 is 2.04 bits per heavy atom. The Kier molecular flexibility index (Phi) is 5.64. The molecule has 2 aromatic rings. The van der Waals surface area contributed by atoms with Crippen molar-refractivity contribution in [1.29, 1.82) is 5.26 Å². The van der Waals surface area contributed by atoms with E-state index >= 15 is 0 Å². The first kappa shape index (κ1) is 18.1. The smallest absolute Gasteiger partial charge is 0.225 e. The number of pyridine rings is 1. The number of carbonyl (C=O) groups excluding carboxylic acids is 1. The van der Waals surface area contributed by atoms with Gasteiger partial charge in [0.1, 0.15) is 24.3 Å². The number of amides is 1. The average molecular weight is 369 g/mol. The van der Waals surface area contributed by atoms with Crippen LogP contribution in [0, 0.1) is 25.2 Å². The molecule has 0 bridgehead atoms. The number of benzene rings is 1. The van der Waals surface area contributed by atoms with Gasteiger partial charge in [-0.3, -0.25) is 4.79 Å². The first-order valence-electron chi connectivity index (χ1n) is 8.27. The van der Waals surface area contributed by atoms with Gasteiger partial charge in [-0.2, -0.15) is 5.26 Å². The summed E-state index contributed by atoms with van der Waals surface area (Å²) in [5.74, 6) is 1.77. The van der Waals surface area contributed by atoms with E-state index in [2.05, 4.69) is 16.4 Å². The zero-order valence-corrected chi connectivity index (χ0v) is 15.5. The summed E-state index contributed by atoms with van der Waals surface area (Å²) in [4.78, 5) is 16.6. The fourth-order valence-corrected chi connectivity index (χ4v) is 3.67. The minimum absolute atomic E-state index is 0.0999. The number of fused-ring (bicyclic) bond motifs is 1. The average Bonchev–Trinajstić information content (AvgIpc) is 2.61. The van der Waals surface area contributed by atoms with E-state index in [0.717, 1.165) is 11.3 Å². The number of nitrogens with zero attached hydrogens (tertiary/aromatic N) is 2. The molecule has 0 radical (unpaired) electrons. The van der Waals surface area contributed by atoms with Crippen LogP contribution >= 0.6 is 11.8 Å². The van der Waals surface area contributed by atoms with Gasteiger partial charge < -0.3 is 14.8 Å². The van der Waals surface area contributed by atoms with Crippen molar-refractivity contribution in [2.24, 2.45) is 0 Å². The van der Waals surface area contributed by atoms with Crippen molar-refractivity contribution in [1.82, 2.24) is 4.98 Å². The van der Waals surface area contributed by atoms with E-state index in [1.54, 1.807) is 18.2 Å². The third-order valence-electron chi connectivity index (χ3n) is 3.82. The Morgan fingerprint density at radius 3 is 2.81 bits per heavy atom. The van der Waals surface area contributed by atoms with Crippen molar-refractivity contribution in [2.75, 3.05) is 24.3 Å². The monoisotopic (exact) mass is 369 g/mol. The van der Waals surface area contributed by atoms with E-state index in [1.165, 1.54) is 11.8 Å². The number of rotatable bonds is 5. The van der Waals surface area contributed by atoms with Crippen LogP contribution in [0.1, 0.15) is 23.2 Å². The number of thioether (sulfide) groups is 1. The Bertz CT molecular complexity index is 877. The summed E-state index contributed by atoms with van der Waals surface area (Å²) in [6.45, 7) is 4.83. The number of nitriles is 1. The molecule has 0 saturated heterocycles. The zero-order chi connectivity index (χ0) is 18.5. The van der Waals surface area contributed by atoms with Crippen molar-refractivity contribution < 1.29 is 14.3 Å². The Morgan fingerprint density at radius 1 is 1.27 bits per heavy atom. The van der Waals surface area contributed by atoms with Gasteiger partial charge >= 0.3 is 0 Å². The third kappa shape index (κ3) is 4.27. The van der Waals surface area contributed by atoms with Crippen LogP contribution in [0.4, 0.5) is 5.69 Å². The fraction of sp³-hybridized carbons (Fsp3) is 0.316. The summed E-state index contributed by atoms with van der Waals surface area (Å²) < 4.78 is 11.0. The van der Waals surface area contributed by atoms with Gasteiger partial charge in [0.25, 0.3) is 0 Å². The lowest BCUT2D eigenvalue weighted by Crippen LogP contribution is -2.16. The molecule has 0 saturated carbocycles. The normalized spacial score (nSPS) is 12.3. The molecule has 0 aliphatic carbocycles. The largest absolute Gasteiger partial charge is 0.486 e. The quantitative estimate of drug-likeness (QED) is 0.813. The first-order chi connectivity index (χ1) is 12.6. The third-order valence-corrected chi connectivity index (χ3v) is 4.79. The lowest BCUT2D eigenvalue weighted by Gasteiger charge is -2.19. The molecule has 134 valence electrons. The molecule has 6 nitrogen and oxygen atoms in total. The molecular weight excluding hydrogens is 350 g/mol.